The van der Waals surface area contributed by atoms with E-state index in [1.54, 1.807) is 37.3 Å². The fourth-order valence-corrected chi connectivity index (χ4v) is 2.73. The lowest BCUT2D eigenvalue weighted by atomic mass is 9.97. The zero-order valence-electron chi connectivity index (χ0n) is 13.1. The number of nitro groups is 1. The second-order valence-electron chi connectivity index (χ2n) is 5.42. The van der Waals surface area contributed by atoms with E-state index in [2.05, 4.69) is 5.10 Å². The molecule has 0 saturated heterocycles. The van der Waals surface area contributed by atoms with E-state index in [0.29, 0.717) is 27.6 Å². The first-order valence-corrected chi connectivity index (χ1v) is 7.66. The van der Waals surface area contributed by atoms with E-state index in [0.717, 1.165) is 10.6 Å². The van der Waals surface area contributed by atoms with Crippen LogP contribution in [0.2, 0.25) is 5.02 Å². The molecule has 0 radical (unpaired) electrons. The van der Waals surface area contributed by atoms with Gasteiger partial charge in [-0.15, -0.1) is 0 Å². The van der Waals surface area contributed by atoms with Crippen molar-refractivity contribution in [2.45, 2.75) is 6.92 Å². The van der Waals surface area contributed by atoms with Gasteiger partial charge in [-0.3, -0.25) is 10.1 Å². The number of benzene rings is 2. The molecule has 0 aliphatic carbocycles. The fraction of sp³-hybridized carbons (Fsp3) is 0.0588. The van der Waals surface area contributed by atoms with E-state index in [-0.39, 0.29) is 5.69 Å². The predicted octanol–water partition coefficient (Wildman–Crippen LogP) is 3.76. The summed E-state index contributed by atoms with van der Waals surface area (Å²) in [6.45, 7) is 1.71. The van der Waals surface area contributed by atoms with Gasteiger partial charge in [-0.2, -0.15) is 10.1 Å². The Bertz CT molecular complexity index is 935. The Morgan fingerprint density at radius 2 is 1.92 bits per heavy atom. The van der Waals surface area contributed by atoms with Crippen LogP contribution in [0.3, 0.4) is 0 Å². The second kappa shape index (κ2) is 6.37. The molecule has 0 saturated carbocycles. The minimum Gasteiger partial charge on any atom is -0.350 e. The van der Waals surface area contributed by atoms with Gasteiger partial charge in [-0.05, 0) is 42.8 Å². The van der Waals surface area contributed by atoms with Crippen LogP contribution in [0.5, 0.6) is 0 Å². The van der Waals surface area contributed by atoms with Crippen LogP contribution >= 0.6 is 11.6 Å². The van der Waals surface area contributed by atoms with Crippen LogP contribution in [-0.2, 0) is 0 Å². The van der Waals surface area contributed by atoms with Gasteiger partial charge < -0.3 is 5.73 Å². The highest BCUT2D eigenvalue weighted by Gasteiger charge is 2.21. The van der Waals surface area contributed by atoms with Crippen molar-refractivity contribution >= 4 is 35.1 Å². The second-order valence-corrected chi connectivity index (χ2v) is 5.86. The average Bonchev–Trinajstić information content (AvgIpc) is 2.71. The maximum absolute atomic E-state index is 11.7. The van der Waals surface area contributed by atoms with E-state index in [1.165, 1.54) is 12.1 Å². The lowest BCUT2D eigenvalue weighted by molar-refractivity contribution is -0.384. The Kier molecular flexibility index (Phi) is 4.24. The quantitative estimate of drug-likeness (QED) is 0.654. The third kappa shape index (κ3) is 3.22. The van der Waals surface area contributed by atoms with Gasteiger partial charge in [0, 0.05) is 34.0 Å². The molecule has 1 aliphatic heterocycles. The molecule has 7 nitrogen and oxygen atoms in total. The van der Waals surface area contributed by atoms with Crippen LogP contribution in [0.25, 0.3) is 6.08 Å². The smallest absolute Gasteiger partial charge is 0.339 e. The highest BCUT2D eigenvalue weighted by atomic mass is 35.5. The molecule has 1 heterocycles. The van der Waals surface area contributed by atoms with Crippen molar-refractivity contribution in [3.05, 3.63) is 80.0 Å². The summed E-state index contributed by atoms with van der Waals surface area (Å²) in [6, 6.07) is 10.4. The number of halogens is 1. The highest BCUT2D eigenvalue weighted by Crippen LogP contribution is 2.27. The van der Waals surface area contributed by atoms with Crippen LogP contribution in [0.15, 0.2) is 53.3 Å². The number of nitrogens with zero attached hydrogens (tertiary/aromatic N) is 3. The van der Waals surface area contributed by atoms with E-state index < -0.39 is 11.0 Å². The van der Waals surface area contributed by atoms with Gasteiger partial charge in [0.1, 0.15) is 0 Å². The number of nitrogens with two attached hydrogens (primary N) is 1. The number of rotatable bonds is 2. The van der Waals surface area contributed by atoms with Crippen molar-refractivity contribution in [2.24, 2.45) is 10.8 Å². The van der Waals surface area contributed by atoms with Crippen molar-refractivity contribution in [3.63, 3.8) is 0 Å². The van der Waals surface area contributed by atoms with Crippen molar-refractivity contribution in [1.29, 1.82) is 0 Å². The number of non-ortho nitro benzene ring substituents is 1. The molecule has 126 valence electrons. The van der Waals surface area contributed by atoms with Gasteiger partial charge in [0.05, 0.1) is 10.6 Å². The first-order valence-electron chi connectivity index (χ1n) is 7.28. The van der Waals surface area contributed by atoms with Gasteiger partial charge >= 0.3 is 6.03 Å². The summed E-state index contributed by atoms with van der Waals surface area (Å²) >= 11 is 6.11. The zero-order chi connectivity index (χ0) is 18.1. The molecular formula is C17H13ClN4O3. The maximum atomic E-state index is 11.7. The molecule has 2 aromatic carbocycles. The molecule has 0 spiro atoms. The summed E-state index contributed by atoms with van der Waals surface area (Å²) in [5.74, 6) is 0. The van der Waals surface area contributed by atoms with Crippen molar-refractivity contribution in [1.82, 2.24) is 5.01 Å². The summed E-state index contributed by atoms with van der Waals surface area (Å²) in [5.41, 5.74) is 8.48. The lowest BCUT2D eigenvalue weighted by Crippen LogP contribution is -2.30. The number of urea groups is 1. The van der Waals surface area contributed by atoms with Gasteiger partial charge in [0.2, 0.25) is 0 Å². The number of hydrogen-bond acceptors (Lipinski definition) is 4. The number of hydrogen-bond donors (Lipinski definition) is 1. The minimum atomic E-state index is -0.730. The van der Waals surface area contributed by atoms with Gasteiger partial charge in [-0.1, -0.05) is 17.7 Å². The number of hydrazone groups is 1. The van der Waals surface area contributed by atoms with E-state index >= 15 is 0 Å². The van der Waals surface area contributed by atoms with Crippen molar-refractivity contribution in [3.8, 4) is 0 Å². The van der Waals surface area contributed by atoms with Gasteiger partial charge in [0.25, 0.3) is 5.69 Å². The average molecular weight is 357 g/mol. The molecule has 0 fully saturated rings. The van der Waals surface area contributed by atoms with E-state index in [9.17, 15) is 14.9 Å². The summed E-state index contributed by atoms with van der Waals surface area (Å²) in [7, 11) is 0. The molecule has 8 heteroatoms. The third-order valence-corrected chi connectivity index (χ3v) is 3.96. The van der Waals surface area contributed by atoms with E-state index in [1.807, 2.05) is 6.07 Å². The Balaban J connectivity index is 2.22. The number of carbonyl (C=O) groups excluding carboxylic acids is 1. The highest BCUT2D eigenvalue weighted by molar-refractivity contribution is 6.31. The summed E-state index contributed by atoms with van der Waals surface area (Å²) in [4.78, 5) is 22.1. The summed E-state index contributed by atoms with van der Waals surface area (Å²) < 4.78 is 0. The number of nitro benzene ring substituents is 1. The Morgan fingerprint density at radius 1 is 1.24 bits per heavy atom. The summed E-state index contributed by atoms with van der Waals surface area (Å²) in [5, 5.41) is 16.8. The number of amides is 2. The van der Waals surface area contributed by atoms with E-state index in [4.69, 9.17) is 17.3 Å². The Labute approximate surface area is 148 Å². The van der Waals surface area contributed by atoms with Crippen LogP contribution in [0, 0.1) is 10.1 Å². The standard InChI is InChI=1S/C17H13ClN4O3/c1-10-8-12-2-5-13(18)9-15(12)16(20-21(10)17(19)23)11-3-6-14(7-4-11)22(24)25/h2-9H,1H3,(H2,19,23). The molecule has 2 aromatic rings. The molecular weight excluding hydrogens is 344 g/mol. The first-order chi connectivity index (χ1) is 11.9. The van der Waals surface area contributed by atoms with Crippen LogP contribution in [-0.4, -0.2) is 21.7 Å². The topological polar surface area (TPSA) is 102 Å². The SMILES string of the molecule is CC1=Cc2ccc(Cl)cc2C(c2ccc([N+](=O)[O-])cc2)=NN1C(N)=O. The minimum absolute atomic E-state index is 0.0367. The predicted molar refractivity (Wildman–Crippen MR) is 95.3 cm³/mol. The Hall–Kier alpha value is -3.19. The van der Waals surface area contributed by atoms with Crippen LogP contribution in [0.4, 0.5) is 10.5 Å². The third-order valence-electron chi connectivity index (χ3n) is 3.73. The molecule has 0 atom stereocenters. The number of primary amides is 1. The normalized spacial score (nSPS) is 13.4. The lowest BCUT2D eigenvalue weighted by Gasteiger charge is -2.15. The molecule has 3 rings (SSSR count). The van der Waals surface area contributed by atoms with Crippen LogP contribution in [0.1, 0.15) is 23.6 Å². The fourth-order valence-electron chi connectivity index (χ4n) is 2.56. The number of fused-ring (bicyclic) bond motifs is 1. The molecule has 0 bridgehead atoms. The summed E-state index contributed by atoms with van der Waals surface area (Å²) in [6.07, 6.45) is 1.78. The maximum Gasteiger partial charge on any atom is 0.339 e. The number of allylic oxidation sites excluding steroid dienone is 1. The number of carbonyl (C=O) groups is 1. The molecule has 0 aromatic heterocycles. The zero-order valence-corrected chi connectivity index (χ0v) is 13.9. The largest absolute Gasteiger partial charge is 0.350 e. The molecule has 1 aliphatic rings. The Morgan fingerprint density at radius 3 is 2.52 bits per heavy atom. The van der Waals surface area contributed by atoms with Crippen LogP contribution < -0.4 is 5.73 Å². The molecule has 0 unspecified atom stereocenters. The first kappa shape index (κ1) is 16.7. The van der Waals surface area contributed by atoms with Gasteiger partial charge in [-0.25, -0.2) is 4.79 Å². The van der Waals surface area contributed by atoms with Gasteiger partial charge in [0.15, 0.2) is 0 Å². The molecule has 25 heavy (non-hydrogen) atoms. The van der Waals surface area contributed by atoms with Crippen molar-refractivity contribution in [2.75, 3.05) is 0 Å². The molecule has 2 amide bonds. The molecule has 2 N–H and O–H groups in total. The monoisotopic (exact) mass is 356 g/mol. The van der Waals surface area contributed by atoms with Crippen molar-refractivity contribution < 1.29 is 9.72 Å².